The summed E-state index contributed by atoms with van der Waals surface area (Å²) in [4.78, 5) is 4.85. The Bertz CT molecular complexity index is 10300. The third kappa shape index (κ3) is 13.2. The fourth-order valence-corrected chi connectivity index (χ4v) is 26.2. The molecule has 2 spiro atoms. The van der Waals surface area contributed by atoms with Gasteiger partial charge in [-0.25, -0.2) is 0 Å². The van der Waals surface area contributed by atoms with Crippen LogP contribution in [0.15, 0.2) is 536 Å². The van der Waals surface area contributed by atoms with Crippen LogP contribution >= 0.6 is 31.9 Å². The number of hydrogen-bond donors (Lipinski definition) is 1. The van der Waals surface area contributed by atoms with Crippen molar-refractivity contribution in [1.82, 2.24) is 0 Å². The number of anilines is 8. The molecule has 0 fully saturated rings. The minimum absolute atomic E-state index is 0.511. The lowest BCUT2D eigenvalue weighted by Crippen LogP contribution is -2.26. The number of fused-ring (bicyclic) bond motifs is 39. The van der Waals surface area contributed by atoms with Gasteiger partial charge in [-0.15, -0.1) is 0 Å². The molecule has 0 saturated carbocycles. The fourth-order valence-electron chi connectivity index (χ4n) is 25.1. The summed E-state index contributed by atoms with van der Waals surface area (Å²) in [5.74, 6) is 0. The third-order valence-corrected chi connectivity index (χ3v) is 32.7. The zero-order valence-corrected chi connectivity index (χ0v) is 83.5. The minimum atomic E-state index is -0.828. The molecule has 0 aliphatic heterocycles. The molecule has 698 valence electrons. The van der Waals surface area contributed by atoms with E-state index in [0.717, 1.165) is 176 Å². The maximum Gasteiger partial charge on any atom is 0.160 e. The van der Waals surface area contributed by atoms with Crippen LogP contribution in [0.4, 0.5) is 45.5 Å². The molecule has 0 unspecified atom stereocenters. The standard InChI is InChI=1S/C81H50N2O2.C37H18Br2O2.C22H17N/c1-3-23-59(24-4-1)82(61-43-39-53(40-44-61)57-37-35-51-19-7-9-21-55(51)47-57)71-49-70-78(80-75(71)65-29-13-17-33-73(65)85-80)77-69(81(70)67-31-15-11-27-63(67)64-28-12-16-32-68(64)81)50-72(79-76(77)66-30-14-18-34-74(66)84-79)83(60-25-5-2-6-26-60)62-45-41-54(42-46-62)58-38-36-52-20-8-10-22-56(52)48-58;38-27-17-26-34(36-31(27)21-11-3-7-15-29(21)41-36)33-25(18-28(39)35-32(33)22-12-4-8-16-30(22)40-35)37(26)23-13-5-1-9-19(23)20-10-2-6-14-24(20)37;1-2-8-21(9-3-1)23-22-14-12-18(13-15-22)20-11-10-17-6-4-5-7-19(17)16-20/h1-50H;1-18H;1-16,23H. The van der Waals surface area contributed by atoms with E-state index in [1.165, 1.54) is 121 Å². The largest absolute Gasteiger partial charge is 0.455 e. The van der Waals surface area contributed by atoms with Gasteiger partial charge in [0, 0.05) is 98.6 Å². The van der Waals surface area contributed by atoms with Crippen molar-refractivity contribution < 1.29 is 17.7 Å². The molecule has 0 saturated heterocycles. The number of hydrogen-bond acceptors (Lipinski definition) is 7. The summed E-state index contributed by atoms with van der Waals surface area (Å²) in [6.45, 7) is 0. The first-order chi connectivity index (χ1) is 73.7. The molecule has 4 aromatic heterocycles. The summed E-state index contributed by atoms with van der Waals surface area (Å²) >= 11 is 7.96. The van der Waals surface area contributed by atoms with Crippen molar-refractivity contribution in [3.05, 3.63) is 563 Å². The lowest BCUT2D eigenvalue weighted by Gasteiger charge is -2.33. The van der Waals surface area contributed by atoms with Crippen LogP contribution in [0.5, 0.6) is 0 Å². The van der Waals surface area contributed by atoms with Gasteiger partial charge in [0.15, 0.2) is 5.58 Å². The number of nitrogens with zero attached hydrogens (tertiary/aromatic N) is 2. The van der Waals surface area contributed by atoms with Gasteiger partial charge >= 0.3 is 0 Å². The van der Waals surface area contributed by atoms with Crippen molar-refractivity contribution in [2.45, 2.75) is 10.8 Å². The number of benzene rings is 24. The predicted octanol–water partition coefficient (Wildman–Crippen LogP) is 40.0. The van der Waals surface area contributed by atoms with Crippen LogP contribution in [0.2, 0.25) is 0 Å². The summed E-state index contributed by atoms with van der Waals surface area (Å²) in [6, 6.07) is 184. The molecule has 4 aliphatic carbocycles. The average molecular weight is 2030 g/mol. The second-order valence-corrected chi connectivity index (χ2v) is 41.0. The molecular formula is C140H85Br2N3O4. The van der Waals surface area contributed by atoms with E-state index < -0.39 is 10.8 Å². The van der Waals surface area contributed by atoms with Gasteiger partial charge in [-0.1, -0.05) is 386 Å². The average Bonchev–Trinajstić information content (AvgIpc) is 1.48. The summed E-state index contributed by atoms with van der Waals surface area (Å²) in [6.07, 6.45) is 0. The van der Waals surface area contributed by atoms with Gasteiger partial charge < -0.3 is 32.8 Å². The van der Waals surface area contributed by atoms with Crippen LogP contribution in [0.1, 0.15) is 44.5 Å². The summed E-state index contributed by atoms with van der Waals surface area (Å²) < 4.78 is 30.3. The van der Waals surface area contributed by atoms with Gasteiger partial charge in [0.25, 0.3) is 0 Å². The van der Waals surface area contributed by atoms with Gasteiger partial charge in [0.05, 0.1) is 32.1 Å². The zero-order valence-electron chi connectivity index (χ0n) is 80.3. The van der Waals surface area contributed by atoms with E-state index >= 15 is 0 Å². The Kier molecular flexibility index (Phi) is 19.7. The minimum Gasteiger partial charge on any atom is -0.455 e. The molecule has 0 radical (unpaired) electrons. The van der Waals surface area contributed by atoms with Crippen molar-refractivity contribution in [2.75, 3.05) is 15.1 Å². The van der Waals surface area contributed by atoms with Gasteiger partial charge in [0.1, 0.15) is 39.1 Å². The molecule has 0 amide bonds. The number of furan rings is 4. The number of nitrogens with one attached hydrogen (secondary N) is 1. The zero-order chi connectivity index (χ0) is 98.3. The molecule has 24 aromatic carbocycles. The van der Waals surface area contributed by atoms with Crippen LogP contribution in [0.25, 0.3) is 198 Å². The second kappa shape index (κ2) is 34.1. The molecule has 1 N–H and O–H groups in total. The SMILES string of the molecule is Brc1cc2c(c3c1oc1ccccc13)-c1c(cc(Br)c3c1oc1ccccc13)C21c2ccccc2-c2ccccc21.c1ccc(N(c2ccc(-c3ccc4ccccc4c3)cc2)c2cc3c(c4c2oc2ccccc24)-c2c(cc(N(c4ccccc4)c4ccc(-c5ccc6ccccc6c5)cc4)c4c2oc2ccccc24)C32c3ccccc3-c3ccccc32)cc1.c1ccc(Nc2ccc(-c3ccc4ccccc4c3)cc2)cc1. The maximum absolute atomic E-state index is 7.56. The van der Waals surface area contributed by atoms with Crippen molar-refractivity contribution in [3.63, 3.8) is 0 Å². The molecule has 32 rings (SSSR count). The van der Waals surface area contributed by atoms with Gasteiger partial charge in [-0.3, -0.25) is 0 Å². The van der Waals surface area contributed by atoms with Crippen LogP contribution in [0, 0.1) is 0 Å². The first-order valence-corrected chi connectivity index (χ1v) is 52.3. The molecule has 9 heteroatoms. The molecular weight excluding hydrogens is 1950 g/mol. The number of para-hydroxylation sites is 7. The summed E-state index contributed by atoms with van der Waals surface area (Å²) in [5.41, 5.74) is 40.3. The molecule has 7 nitrogen and oxygen atoms in total. The Morgan fingerprint density at radius 1 is 0.188 bits per heavy atom. The van der Waals surface area contributed by atoms with E-state index in [4.69, 9.17) is 17.7 Å². The van der Waals surface area contributed by atoms with Crippen LogP contribution in [-0.2, 0) is 10.8 Å². The quantitative estimate of drug-likeness (QED) is 0.138. The lowest BCUT2D eigenvalue weighted by atomic mass is 9.70. The molecule has 0 bridgehead atoms. The molecule has 4 heterocycles. The highest BCUT2D eigenvalue weighted by molar-refractivity contribution is 9.11. The van der Waals surface area contributed by atoms with Gasteiger partial charge in [-0.05, 0) is 288 Å². The van der Waals surface area contributed by atoms with E-state index in [1.807, 2.05) is 30.3 Å². The molecule has 149 heavy (non-hydrogen) atoms. The molecule has 0 atom stereocenters. The Hall–Kier alpha value is -18.4. The van der Waals surface area contributed by atoms with Crippen LogP contribution in [-0.4, -0.2) is 0 Å². The maximum atomic E-state index is 7.56. The highest BCUT2D eigenvalue weighted by Crippen LogP contribution is 2.71. The normalized spacial score (nSPS) is 12.9. The smallest absolute Gasteiger partial charge is 0.160 e. The van der Waals surface area contributed by atoms with Crippen molar-refractivity contribution in [2.24, 2.45) is 0 Å². The van der Waals surface area contributed by atoms with Gasteiger partial charge in [0.2, 0.25) is 0 Å². The van der Waals surface area contributed by atoms with Crippen molar-refractivity contribution in [1.29, 1.82) is 0 Å². The third-order valence-electron chi connectivity index (χ3n) is 31.4. The van der Waals surface area contributed by atoms with Crippen molar-refractivity contribution in [3.8, 4) is 77.9 Å². The number of rotatable bonds is 11. The van der Waals surface area contributed by atoms with Crippen LogP contribution in [0.3, 0.4) is 0 Å². The van der Waals surface area contributed by atoms with E-state index in [-0.39, 0.29) is 0 Å². The lowest BCUT2D eigenvalue weighted by molar-refractivity contribution is 0.666. The molecule has 28 aromatic rings. The van der Waals surface area contributed by atoms with E-state index in [9.17, 15) is 0 Å². The topological polar surface area (TPSA) is 71.1 Å². The first kappa shape index (κ1) is 86.1. The highest BCUT2D eigenvalue weighted by atomic mass is 79.9. The van der Waals surface area contributed by atoms with Crippen LogP contribution < -0.4 is 15.1 Å². The summed E-state index contributed by atoms with van der Waals surface area (Å²) in [5, 5.41) is 19.5. The Morgan fingerprint density at radius 3 is 0.919 bits per heavy atom. The van der Waals surface area contributed by atoms with E-state index in [1.54, 1.807) is 0 Å². The monoisotopic (exact) mass is 2030 g/mol. The van der Waals surface area contributed by atoms with E-state index in [0.29, 0.717) is 0 Å². The summed E-state index contributed by atoms with van der Waals surface area (Å²) in [7, 11) is 0. The second-order valence-electron chi connectivity index (χ2n) is 39.3. The number of halogens is 2. The first-order valence-electron chi connectivity index (χ1n) is 50.7. The Morgan fingerprint density at radius 2 is 0.477 bits per heavy atom. The van der Waals surface area contributed by atoms with E-state index in [2.05, 4.69) is 526 Å². The fraction of sp³-hybridized carbons (Fsp3) is 0.0143. The predicted molar refractivity (Wildman–Crippen MR) is 624 cm³/mol. The Labute approximate surface area is 875 Å². The van der Waals surface area contributed by atoms with Gasteiger partial charge in [-0.2, -0.15) is 0 Å². The van der Waals surface area contributed by atoms with Crippen molar-refractivity contribution >= 4 is 197 Å². The highest BCUT2D eigenvalue weighted by Gasteiger charge is 2.57. The molecule has 4 aliphatic rings. The Balaban J connectivity index is 0.000000130.